The standard InChI is InChI=1S/C11H16BrN3/c12-11-4-3-9(7-15-11)6-14-10-2-1-5-13-8-10/h3-4,7,10,13-14H,1-2,5-6,8H2/t10-/m1/s1. The number of nitrogens with one attached hydrogen (secondary N) is 2. The van der Waals surface area contributed by atoms with E-state index in [0.717, 1.165) is 24.2 Å². The molecule has 1 fully saturated rings. The number of hydrogen-bond donors (Lipinski definition) is 2. The third kappa shape index (κ3) is 3.55. The molecule has 0 aromatic carbocycles. The van der Waals surface area contributed by atoms with Crippen molar-refractivity contribution in [1.82, 2.24) is 15.6 Å². The molecule has 1 aromatic heterocycles. The fourth-order valence-corrected chi connectivity index (χ4v) is 2.03. The van der Waals surface area contributed by atoms with Gasteiger partial charge >= 0.3 is 0 Å². The lowest BCUT2D eigenvalue weighted by Crippen LogP contribution is -2.42. The van der Waals surface area contributed by atoms with Crippen molar-refractivity contribution in [2.75, 3.05) is 13.1 Å². The summed E-state index contributed by atoms with van der Waals surface area (Å²) >= 11 is 3.33. The van der Waals surface area contributed by atoms with Crippen LogP contribution in [0.5, 0.6) is 0 Å². The molecule has 0 radical (unpaired) electrons. The fourth-order valence-electron chi connectivity index (χ4n) is 1.80. The lowest BCUT2D eigenvalue weighted by Gasteiger charge is -2.23. The molecule has 1 saturated heterocycles. The molecule has 0 amide bonds. The molecule has 2 heterocycles. The molecule has 1 atom stereocenters. The summed E-state index contributed by atoms with van der Waals surface area (Å²) in [6, 6.07) is 4.69. The Morgan fingerprint density at radius 3 is 3.13 bits per heavy atom. The van der Waals surface area contributed by atoms with Crippen LogP contribution in [0.4, 0.5) is 0 Å². The van der Waals surface area contributed by atoms with E-state index in [2.05, 4.69) is 37.6 Å². The average molecular weight is 270 g/mol. The summed E-state index contributed by atoms with van der Waals surface area (Å²) in [6.45, 7) is 3.16. The molecule has 4 heteroatoms. The minimum absolute atomic E-state index is 0.613. The van der Waals surface area contributed by atoms with Crippen LogP contribution in [-0.4, -0.2) is 24.1 Å². The van der Waals surface area contributed by atoms with Gasteiger partial charge in [-0.3, -0.25) is 0 Å². The fraction of sp³-hybridized carbons (Fsp3) is 0.545. The molecule has 1 aromatic rings. The maximum absolute atomic E-state index is 4.20. The molecule has 3 nitrogen and oxygen atoms in total. The van der Waals surface area contributed by atoms with Crippen LogP contribution < -0.4 is 10.6 Å². The normalized spacial score (nSPS) is 21.5. The van der Waals surface area contributed by atoms with Gasteiger partial charge in [0.25, 0.3) is 0 Å². The number of rotatable bonds is 3. The van der Waals surface area contributed by atoms with Crippen molar-refractivity contribution in [3.05, 3.63) is 28.5 Å². The van der Waals surface area contributed by atoms with Crippen LogP contribution in [0, 0.1) is 0 Å². The summed E-state index contributed by atoms with van der Waals surface area (Å²) in [6.07, 6.45) is 4.46. The van der Waals surface area contributed by atoms with Crippen molar-refractivity contribution in [1.29, 1.82) is 0 Å². The Bertz CT molecular complexity index is 293. The maximum atomic E-state index is 4.20. The number of nitrogens with zero attached hydrogens (tertiary/aromatic N) is 1. The molecule has 0 unspecified atom stereocenters. The van der Waals surface area contributed by atoms with Crippen molar-refractivity contribution in [3.8, 4) is 0 Å². The highest BCUT2D eigenvalue weighted by atomic mass is 79.9. The minimum Gasteiger partial charge on any atom is -0.315 e. The first-order chi connectivity index (χ1) is 7.34. The van der Waals surface area contributed by atoms with Crippen molar-refractivity contribution in [2.45, 2.75) is 25.4 Å². The largest absolute Gasteiger partial charge is 0.315 e. The first kappa shape index (κ1) is 11.0. The predicted molar refractivity (Wildman–Crippen MR) is 64.7 cm³/mol. The monoisotopic (exact) mass is 269 g/mol. The molecular weight excluding hydrogens is 254 g/mol. The lowest BCUT2D eigenvalue weighted by molar-refractivity contribution is 0.389. The van der Waals surface area contributed by atoms with Crippen LogP contribution in [-0.2, 0) is 6.54 Å². The van der Waals surface area contributed by atoms with Gasteiger partial charge in [0.2, 0.25) is 0 Å². The number of halogens is 1. The molecule has 15 heavy (non-hydrogen) atoms. The molecule has 0 spiro atoms. The Balaban J connectivity index is 1.79. The Morgan fingerprint density at radius 1 is 1.53 bits per heavy atom. The summed E-state index contributed by atoms with van der Waals surface area (Å²) in [4.78, 5) is 4.20. The van der Waals surface area contributed by atoms with Gasteiger partial charge in [-0.25, -0.2) is 4.98 Å². The zero-order valence-corrected chi connectivity index (χ0v) is 10.3. The molecule has 0 saturated carbocycles. The van der Waals surface area contributed by atoms with Crippen LogP contribution in [0.15, 0.2) is 22.9 Å². The highest BCUT2D eigenvalue weighted by Gasteiger charge is 2.11. The Morgan fingerprint density at radius 2 is 2.47 bits per heavy atom. The summed E-state index contributed by atoms with van der Waals surface area (Å²) in [5.41, 5.74) is 1.24. The minimum atomic E-state index is 0.613. The van der Waals surface area contributed by atoms with Gasteiger partial charge in [0, 0.05) is 25.3 Å². The number of pyridine rings is 1. The van der Waals surface area contributed by atoms with E-state index >= 15 is 0 Å². The number of hydrogen-bond acceptors (Lipinski definition) is 3. The molecule has 2 N–H and O–H groups in total. The van der Waals surface area contributed by atoms with Gasteiger partial charge in [-0.2, -0.15) is 0 Å². The van der Waals surface area contributed by atoms with E-state index in [1.54, 1.807) is 0 Å². The van der Waals surface area contributed by atoms with Crippen LogP contribution in [0.25, 0.3) is 0 Å². The second kappa shape index (κ2) is 5.58. The van der Waals surface area contributed by atoms with E-state index in [9.17, 15) is 0 Å². The number of aromatic nitrogens is 1. The lowest BCUT2D eigenvalue weighted by atomic mass is 10.1. The Kier molecular flexibility index (Phi) is 4.11. The Hall–Kier alpha value is -0.450. The van der Waals surface area contributed by atoms with E-state index in [1.807, 2.05) is 12.3 Å². The van der Waals surface area contributed by atoms with E-state index in [1.165, 1.54) is 18.4 Å². The average Bonchev–Trinajstić information content (AvgIpc) is 2.30. The summed E-state index contributed by atoms with van der Waals surface area (Å²) < 4.78 is 0.894. The van der Waals surface area contributed by atoms with Gasteiger partial charge in [0.15, 0.2) is 0 Å². The van der Waals surface area contributed by atoms with Gasteiger partial charge in [-0.05, 0) is 46.9 Å². The van der Waals surface area contributed by atoms with E-state index in [4.69, 9.17) is 0 Å². The molecule has 1 aliphatic rings. The molecule has 0 aliphatic carbocycles. The van der Waals surface area contributed by atoms with Gasteiger partial charge in [-0.15, -0.1) is 0 Å². The molecule has 1 aliphatic heterocycles. The third-order valence-electron chi connectivity index (χ3n) is 2.68. The second-order valence-electron chi connectivity index (χ2n) is 3.91. The molecule has 2 rings (SSSR count). The quantitative estimate of drug-likeness (QED) is 0.821. The van der Waals surface area contributed by atoms with Gasteiger partial charge in [-0.1, -0.05) is 6.07 Å². The highest BCUT2D eigenvalue weighted by molar-refractivity contribution is 9.10. The van der Waals surface area contributed by atoms with Crippen LogP contribution in [0.1, 0.15) is 18.4 Å². The number of piperidine rings is 1. The zero-order valence-electron chi connectivity index (χ0n) is 8.67. The maximum Gasteiger partial charge on any atom is 0.106 e. The smallest absolute Gasteiger partial charge is 0.106 e. The van der Waals surface area contributed by atoms with Crippen molar-refractivity contribution in [2.24, 2.45) is 0 Å². The van der Waals surface area contributed by atoms with Crippen molar-refractivity contribution >= 4 is 15.9 Å². The van der Waals surface area contributed by atoms with Crippen molar-refractivity contribution < 1.29 is 0 Å². The zero-order chi connectivity index (χ0) is 10.5. The molecule has 0 bridgehead atoms. The topological polar surface area (TPSA) is 37.0 Å². The van der Waals surface area contributed by atoms with E-state index in [-0.39, 0.29) is 0 Å². The van der Waals surface area contributed by atoms with Gasteiger partial charge in [0.05, 0.1) is 0 Å². The van der Waals surface area contributed by atoms with Crippen LogP contribution in [0.3, 0.4) is 0 Å². The molecular formula is C11H16BrN3. The van der Waals surface area contributed by atoms with Crippen LogP contribution >= 0.6 is 15.9 Å². The second-order valence-corrected chi connectivity index (χ2v) is 4.73. The summed E-state index contributed by atoms with van der Waals surface area (Å²) in [7, 11) is 0. The third-order valence-corrected chi connectivity index (χ3v) is 3.15. The van der Waals surface area contributed by atoms with Crippen molar-refractivity contribution in [3.63, 3.8) is 0 Å². The predicted octanol–water partition coefficient (Wildman–Crippen LogP) is 1.69. The summed E-state index contributed by atoms with van der Waals surface area (Å²) in [5.74, 6) is 0. The SMILES string of the molecule is Brc1ccc(CN[C@@H]2CCCNC2)cn1. The highest BCUT2D eigenvalue weighted by Crippen LogP contribution is 2.07. The first-order valence-corrected chi connectivity index (χ1v) is 6.18. The van der Waals surface area contributed by atoms with Gasteiger partial charge < -0.3 is 10.6 Å². The summed E-state index contributed by atoms with van der Waals surface area (Å²) in [5, 5.41) is 6.93. The molecule has 82 valence electrons. The Labute approximate surface area is 98.8 Å². The van der Waals surface area contributed by atoms with Gasteiger partial charge in [0.1, 0.15) is 4.60 Å². The van der Waals surface area contributed by atoms with E-state index in [0.29, 0.717) is 6.04 Å². The van der Waals surface area contributed by atoms with Crippen LogP contribution in [0.2, 0.25) is 0 Å². The van der Waals surface area contributed by atoms with E-state index < -0.39 is 0 Å². The first-order valence-electron chi connectivity index (χ1n) is 5.39.